The first kappa shape index (κ1) is 15.9. The molecule has 0 unspecified atom stereocenters. The number of carbonyl (C=O) groups excluding carboxylic acids is 2. The number of nitro groups is 1. The van der Waals surface area contributed by atoms with E-state index in [0.29, 0.717) is 6.54 Å². The third-order valence-corrected chi connectivity index (χ3v) is 3.76. The minimum Gasteiger partial charge on any atom is -0.452 e. The summed E-state index contributed by atoms with van der Waals surface area (Å²) >= 11 is 0. The van der Waals surface area contributed by atoms with Crippen LogP contribution in [-0.2, 0) is 9.53 Å². The Balaban J connectivity index is 1.89. The van der Waals surface area contributed by atoms with Gasteiger partial charge in [0.1, 0.15) is 0 Å². The van der Waals surface area contributed by atoms with Crippen molar-refractivity contribution in [2.24, 2.45) is 0 Å². The summed E-state index contributed by atoms with van der Waals surface area (Å²) in [6.07, 6.45) is 3.03. The predicted octanol–water partition coefficient (Wildman–Crippen LogP) is 2.15. The normalized spacial score (nSPS) is 17.9. The fourth-order valence-electron chi connectivity index (χ4n) is 2.48. The van der Waals surface area contributed by atoms with Crippen molar-refractivity contribution < 1.29 is 19.2 Å². The third-order valence-electron chi connectivity index (χ3n) is 3.76. The van der Waals surface area contributed by atoms with Crippen molar-refractivity contribution in [3.63, 3.8) is 0 Å². The van der Waals surface area contributed by atoms with Crippen LogP contribution < -0.4 is 0 Å². The molecule has 1 saturated heterocycles. The molecule has 1 atom stereocenters. The van der Waals surface area contributed by atoms with Crippen LogP contribution in [0.2, 0.25) is 0 Å². The summed E-state index contributed by atoms with van der Waals surface area (Å²) in [7, 11) is 0. The van der Waals surface area contributed by atoms with Gasteiger partial charge in [-0.3, -0.25) is 14.9 Å². The predicted molar refractivity (Wildman–Crippen MR) is 78.4 cm³/mol. The van der Waals surface area contributed by atoms with Crippen LogP contribution in [0, 0.1) is 10.1 Å². The van der Waals surface area contributed by atoms with Gasteiger partial charge in [-0.15, -0.1) is 0 Å². The highest BCUT2D eigenvalue weighted by molar-refractivity contribution is 5.91. The van der Waals surface area contributed by atoms with Crippen LogP contribution in [0.3, 0.4) is 0 Å². The molecule has 0 saturated carbocycles. The van der Waals surface area contributed by atoms with Crippen molar-refractivity contribution in [2.75, 3.05) is 13.2 Å². The van der Waals surface area contributed by atoms with E-state index in [1.54, 1.807) is 4.90 Å². The molecule has 2 rings (SSSR count). The minimum absolute atomic E-state index is 0.102. The summed E-state index contributed by atoms with van der Waals surface area (Å²) < 4.78 is 4.99. The molecule has 1 aliphatic heterocycles. The van der Waals surface area contributed by atoms with Crippen LogP contribution in [0.15, 0.2) is 24.3 Å². The topological polar surface area (TPSA) is 89.8 Å². The lowest BCUT2D eigenvalue weighted by molar-refractivity contribution is -0.384. The molecule has 0 spiro atoms. The van der Waals surface area contributed by atoms with Gasteiger partial charge in [0.2, 0.25) is 0 Å². The van der Waals surface area contributed by atoms with Crippen molar-refractivity contribution in [3.05, 3.63) is 39.9 Å². The van der Waals surface area contributed by atoms with Crippen molar-refractivity contribution in [3.8, 4) is 0 Å². The van der Waals surface area contributed by atoms with Crippen molar-refractivity contribution in [2.45, 2.75) is 32.2 Å². The maximum atomic E-state index is 12.0. The van der Waals surface area contributed by atoms with E-state index in [1.165, 1.54) is 24.3 Å². The fourth-order valence-corrected chi connectivity index (χ4v) is 2.48. The average molecular weight is 306 g/mol. The maximum Gasteiger partial charge on any atom is 0.338 e. The Kier molecular flexibility index (Phi) is 5.08. The third kappa shape index (κ3) is 3.81. The number of piperidine rings is 1. The quantitative estimate of drug-likeness (QED) is 0.483. The van der Waals surface area contributed by atoms with Gasteiger partial charge in [0, 0.05) is 24.7 Å². The lowest BCUT2D eigenvalue weighted by Crippen LogP contribution is -2.44. The number of hydrogen-bond donors (Lipinski definition) is 0. The second kappa shape index (κ2) is 7.02. The maximum absolute atomic E-state index is 12.0. The summed E-state index contributed by atoms with van der Waals surface area (Å²) in [6, 6.07) is 5.25. The van der Waals surface area contributed by atoms with E-state index in [-0.39, 0.29) is 29.8 Å². The lowest BCUT2D eigenvalue weighted by Gasteiger charge is -2.33. The summed E-state index contributed by atoms with van der Waals surface area (Å²) in [4.78, 5) is 35.6. The Morgan fingerprint density at radius 2 is 2.00 bits per heavy atom. The second-order valence-electron chi connectivity index (χ2n) is 5.31. The number of hydrogen-bond acceptors (Lipinski definition) is 5. The van der Waals surface area contributed by atoms with Gasteiger partial charge in [-0.2, -0.15) is 0 Å². The molecule has 0 aliphatic carbocycles. The van der Waals surface area contributed by atoms with Crippen LogP contribution in [0.5, 0.6) is 0 Å². The number of benzene rings is 1. The van der Waals surface area contributed by atoms with Crippen LogP contribution in [0.4, 0.5) is 5.69 Å². The van der Waals surface area contributed by atoms with Crippen molar-refractivity contribution in [1.29, 1.82) is 0 Å². The monoisotopic (exact) mass is 306 g/mol. The van der Waals surface area contributed by atoms with Gasteiger partial charge >= 0.3 is 5.97 Å². The van der Waals surface area contributed by atoms with Gasteiger partial charge in [-0.1, -0.05) is 0 Å². The number of esters is 1. The van der Waals surface area contributed by atoms with Crippen LogP contribution in [0.25, 0.3) is 0 Å². The molecular weight excluding hydrogens is 288 g/mol. The summed E-state index contributed by atoms with van der Waals surface area (Å²) in [5, 5.41) is 10.5. The SMILES string of the molecule is C[C@@H]1CCCCN1C(=O)COC(=O)c1ccc([N+](=O)[O-])cc1. The van der Waals surface area contributed by atoms with E-state index in [9.17, 15) is 19.7 Å². The van der Waals surface area contributed by atoms with Gasteiger partial charge in [-0.05, 0) is 38.3 Å². The zero-order chi connectivity index (χ0) is 16.1. The standard InChI is InChI=1S/C15H18N2O5/c1-11-4-2-3-9-16(11)14(18)10-22-15(19)12-5-7-13(8-6-12)17(20)21/h5-8,11H,2-4,9-10H2,1H3/t11-/m1/s1. The van der Waals surface area contributed by atoms with Gasteiger partial charge in [-0.25, -0.2) is 4.79 Å². The second-order valence-corrected chi connectivity index (χ2v) is 5.31. The number of non-ortho nitro benzene ring substituents is 1. The number of carbonyl (C=O) groups is 2. The summed E-state index contributed by atoms with van der Waals surface area (Å²) in [5.74, 6) is -0.865. The van der Waals surface area contributed by atoms with Crippen LogP contribution in [0.1, 0.15) is 36.5 Å². The minimum atomic E-state index is -0.659. The van der Waals surface area contributed by atoms with Crippen LogP contribution in [-0.4, -0.2) is 40.9 Å². The number of ether oxygens (including phenoxy) is 1. The van der Waals surface area contributed by atoms with E-state index in [1.807, 2.05) is 6.92 Å². The first-order valence-corrected chi connectivity index (χ1v) is 7.20. The number of nitro benzene ring substituents is 1. The Morgan fingerprint density at radius 1 is 1.32 bits per heavy atom. The van der Waals surface area contributed by atoms with E-state index >= 15 is 0 Å². The summed E-state index contributed by atoms with van der Waals surface area (Å²) in [5.41, 5.74) is 0.0832. The molecule has 1 aromatic carbocycles. The fraction of sp³-hybridized carbons (Fsp3) is 0.467. The molecule has 1 aromatic rings. The molecule has 0 radical (unpaired) electrons. The first-order chi connectivity index (χ1) is 10.5. The number of rotatable bonds is 4. The number of likely N-dealkylation sites (tertiary alicyclic amines) is 1. The molecule has 1 aliphatic rings. The molecule has 0 bridgehead atoms. The smallest absolute Gasteiger partial charge is 0.338 e. The largest absolute Gasteiger partial charge is 0.452 e. The van der Waals surface area contributed by atoms with Gasteiger partial charge < -0.3 is 9.64 Å². The Labute approximate surface area is 128 Å². The number of nitrogens with zero attached hydrogens (tertiary/aromatic N) is 2. The van der Waals surface area contributed by atoms with Gasteiger partial charge in [0.05, 0.1) is 10.5 Å². The van der Waals surface area contributed by atoms with Gasteiger partial charge in [0.25, 0.3) is 11.6 Å². The Bertz CT molecular complexity index is 570. The molecule has 0 aromatic heterocycles. The lowest BCUT2D eigenvalue weighted by atomic mass is 10.0. The van der Waals surface area contributed by atoms with E-state index in [4.69, 9.17) is 4.74 Å². The first-order valence-electron chi connectivity index (χ1n) is 7.20. The molecule has 7 nitrogen and oxygen atoms in total. The molecule has 0 N–H and O–H groups in total. The van der Waals surface area contributed by atoms with Crippen LogP contribution >= 0.6 is 0 Å². The van der Waals surface area contributed by atoms with E-state index in [2.05, 4.69) is 0 Å². The highest BCUT2D eigenvalue weighted by Crippen LogP contribution is 2.17. The summed E-state index contributed by atoms with van der Waals surface area (Å²) in [6.45, 7) is 2.37. The zero-order valence-electron chi connectivity index (χ0n) is 12.4. The molecule has 1 heterocycles. The molecule has 7 heteroatoms. The van der Waals surface area contributed by atoms with Crippen molar-refractivity contribution in [1.82, 2.24) is 4.90 Å². The average Bonchev–Trinajstić information content (AvgIpc) is 2.52. The molecule has 118 valence electrons. The molecular formula is C15H18N2O5. The zero-order valence-corrected chi connectivity index (χ0v) is 12.4. The van der Waals surface area contributed by atoms with Gasteiger partial charge in [0.15, 0.2) is 6.61 Å². The number of amides is 1. The molecule has 22 heavy (non-hydrogen) atoms. The Hall–Kier alpha value is -2.44. The highest BCUT2D eigenvalue weighted by atomic mass is 16.6. The van der Waals surface area contributed by atoms with E-state index in [0.717, 1.165) is 19.3 Å². The molecule has 1 amide bonds. The van der Waals surface area contributed by atoms with E-state index < -0.39 is 10.9 Å². The highest BCUT2D eigenvalue weighted by Gasteiger charge is 2.24. The Morgan fingerprint density at radius 3 is 2.59 bits per heavy atom. The van der Waals surface area contributed by atoms with Crippen molar-refractivity contribution >= 4 is 17.6 Å². The molecule has 1 fully saturated rings.